The standard InChI is InChI=1S/C17H18N2O4/c1-11-4-6-12(7-5-11)14-9-15(23-18-14)16(20)19-8-2-3-13(10-19)17(21)22/h4-7,9,13H,2-3,8,10H2,1H3,(H,21,22)/t13-/m0/s1. The smallest absolute Gasteiger partial charge is 0.308 e. The zero-order valence-electron chi connectivity index (χ0n) is 12.9. The number of amides is 1. The Bertz CT molecular complexity index is 720. The van der Waals surface area contributed by atoms with Crippen molar-refractivity contribution in [2.24, 2.45) is 5.92 Å². The van der Waals surface area contributed by atoms with Gasteiger partial charge in [0, 0.05) is 24.7 Å². The molecule has 1 aliphatic heterocycles. The number of aliphatic carboxylic acids is 1. The largest absolute Gasteiger partial charge is 0.481 e. The van der Waals surface area contributed by atoms with Crippen LogP contribution in [0.25, 0.3) is 11.3 Å². The number of aryl methyl sites for hydroxylation is 1. The molecule has 0 aliphatic carbocycles. The number of nitrogens with zero attached hydrogens (tertiary/aromatic N) is 2. The normalized spacial score (nSPS) is 18.0. The second-order valence-corrected chi connectivity index (χ2v) is 5.87. The summed E-state index contributed by atoms with van der Waals surface area (Å²) in [6.45, 7) is 2.76. The Balaban J connectivity index is 1.75. The maximum absolute atomic E-state index is 12.5. The Hall–Kier alpha value is -2.63. The first kappa shape index (κ1) is 15.3. The van der Waals surface area contributed by atoms with Crippen molar-refractivity contribution < 1.29 is 19.2 Å². The molecule has 0 spiro atoms. The van der Waals surface area contributed by atoms with Crippen LogP contribution in [-0.2, 0) is 4.79 Å². The molecule has 2 aromatic rings. The van der Waals surface area contributed by atoms with Crippen molar-refractivity contribution in [2.75, 3.05) is 13.1 Å². The molecule has 1 aliphatic rings. The Kier molecular flexibility index (Phi) is 4.14. The number of rotatable bonds is 3. The number of benzene rings is 1. The molecule has 1 saturated heterocycles. The van der Waals surface area contributed by atoms with Gasteiger partial charge in [0.25, 0.3) is 5.91 Å². The Labute approximate surface area is 133 Å². The molecule has 0 radical (unpaired) electrons. The summed E-state index contributed by atoms with van der Waals surface area (Å²) in [7, 11) is 0. The predicted octanol–water partition coefficient (Wildman–Crippen LogP) is 2.59. The molecule has 120 valence electrons. The molecule has 0 saturated carbocycles. The second-order valence-electron chi connectivity index (χ2n) is 5.87. The summed E-state index contributed by atoms with van der Waals surface area (Å²) >= 11 is 0. The molecule has 2 heterocycles. The fourth-order valence-electron chi connectivity index (χ4n) is 2.76. The summed E-state index contributed by atoms with van der Waals surface area (Å²) in [6.07, 6.45) is 1.28. The average molecular weight is 314 g/mol. The summed E-state index contributed by atoms with van der Waals surface area (Å²) in [5.74, 6) is -1.53. The van der Waals surface area contributed by atoms with Crippen molar-refractivity contribution in [3.8, 4) is 11.3 Å². The topological polar surface area (TPSA) is 83.6 Å². The summed E-state index contributed by atoms with van der Waals surface area (Å²) < 4.78 is 5.17. The van der Waals surface area contributed by atoms with Crippen molar-refractivity contribution in [3.63, 3.8) is 0 Å². The molecular weight excluding hydrogens is 296 g/mol. The molecule has 3 rings (SSSR count). The molecule has 23 heavy (non-hydrogen) atoms. The lowest BCUT2D eigenvalue weighted by Gasteiger charge is -2.29. The molecule has 6 nitrogen and oxygen atoms in total. The summed E-state index contributed by atoms with van der Waals surface area (Å²) in [4.78, 5) is 25.1. The monoisotopic (exact) mass is 314 g/mol. The van der Waals surface area contributed by atoms with Gasteiger partial charge in [-0.2, -0.15) is 0 Å². The molecule has 1 atom stereocenters. The van der Waals surface area contributed by atoms with Gasteiger partial charge < -0.3 is 14.5 Å². The minimum absolute atomic E-state index is 0.145. The van der Waals surface area contributed by atoms with E-state index in [1.165, 1.54) is 4.90 Å². The molecular formula is C17H18N2O4. The van der Waals surface area contributed by atoms with Crippen LogP contribution in [0.1, 0.15) is 29.0 Å². The molecule has 1 aromatic carbocycles. The van der Waals surface area contributed by atoms with Crippen LogP contribution in [0, 0.1) is 12.8 Å². The third-order valence-corrected chi connectivity index (χ3v) is 4.13. The SMILES string of the molecule is Cc1ccc(-c2cc(C(=O)N3CCC[C@H](C(=O)O)C3)on2)cc1. The van der Waals surface area contributed by atoms with Gasteiger partial charge in [-0.1, -0.05) is 35.0 Å². The Morgan fingerprint density at radius 3 is 2.74 bits per heavy atom. The van der Waals surface area contributed by atoms with E-state index in [2.05, 4.69) is 5.16 Å². The predicted molar refractivity (Wildman–Crippen MR) is 82.9 cm³/mol. The maximum Gasteiger partial charge on any atom is 0.308 e. The lowest BCUT2D eigenvalue weighted by Crippen LogP contribution is -2.42. The van der Waals surface area contributed by atoms with Crippen LogP contribution in [0.5, 0.6) is 0 Å². The van der Waals surface area contributed by atoms with E-state index in [1.54, 1.807) is 6.07 Å². The van der Waals surface area contributed by atoms with E-state index in [1.807, 2.05) is 31.2 Å². The van der Waals surface area contributed by atoms with Crippen molar-refractivity contribution in [2.45, 2.75) is 19.8 Å². The van der Waals surface area contributed by atoms with Gasteiger partial charge in [0.2, 0.25) is 5.76 Å². The van der Waals surface area contributed by atoms with Gasteiger partial charge in [-0.25, -0.2) is 0 Å². The number of piperidine rings is 1. The summed E-state index contributed by atoms with van der Waals surface area (Å²) in [5.41, 5.74) is 2.61. The van der Waals surface area contributed by atoms with Gasteiger partial charge in [0.1, 0.15) is 5.69 Å². The van der Waals surface area contributed by atoms with Gasteiger partial charge in [0.05, 0.1) is 5.92 Å². The molecule has 6 heteroatoms. The molecule has 0 unspecified atom stereocenters. The number of likely N-dealkylation sites (tertiary alicyclic amines) is 1. The van der Waals surface area contributed by atoms with Crippen LogP contribution in [0.3, 0.4) is 0 Å². The highest BCUT2D eigenvalue weighted by atomic mass is 16.5. The number of hydrogen-bond donors (Lipinski definition) is 1. The zero-order valence-corrected chi connectivity index (χ0v) is 12.9. The van der Waals surface area contributed by atoms with Crippen molar-refractivity contribution in [3.05, 3.63) is 41.7 Å². The van der Waals surface area contributed by atoms with Crippen molar-refractivity contribution in [1.29, 1.82) is 0 Å². The number of hydrogen-bond acceptors (Lipinski definition) is 4. The zero-order chi connectivity index (χ0) is 16.4. The minimum Gasteiger partial charge on any atom is -0.481 e. The quantitative estimate of drug-likeness (QED) is 0.941. The van der Waals surface area contributed by atoms with Crippen LogP contribution >= 0.6 is 0 Å². The van der Waals surface area contributed by atoms with Crippen LogP contribution < -0.4 is 0 Å². The van der Waals surface area contributed by atoms with Crippen LogP contribution in [0.4, 0.5) is 0 Å². The molecule has 1 fully saturated rings. The van der Waals surface area contributed by atoms with Crippen LogP contribution in [-0.4, -0.2) is 40.1 Å². The minimum atomic E-state index is -0.861. The third-order valence-electron chi connectivity index (χ3n) is 4.13. The first-order valence-corrected chi connectivity index (χ1v) is 7.60. The first-order valence-electron chi connectivity index (χ1n) is 7.60. The highest BCUT2D eigenvalue weighted by Gasteiger charge is 2.30. The van der Waals surface area contributed by atoms with E-state index < -0.39 is 11.9 Å². The van der Waals surface area contributed by atoms with Crippen molar-refractivity contribution in [1.82, 2.24) is 10.1 Å². The summed E-state index contributed by atoms with van der Waals surface area (Å²) in [5, 5.41) is 13.1. The number of carboxylic acids is 1. The van der Waals surface area contributed by atoms with E-state index in [4.69, 9.17) is 9.63 Å². The number of carbonyl (C=O) groups excluding carboxylic acids is 1. The highest BCUT2D eigenvalue weighted by Crippen LogP contribution is 2.23. The van der Waals surface area contributed by atoms with Crippen molar-refractivity contribution >= 4 is 11.9 Å². The van der Waals surface area contributed by atoms with Gasteiger partial charge in [-0.15, -0.1) is 0 Å². The molecule has 1 amide bonds. The van der Waals surface area contributed by atoms with Gasteiger partial charge in [-0.05, 0) is 19.8 Å². The lowest BCUT2D eigenvalue weighted by molar-refractivity contribution is -0.143. The summed E-state index contributed by atoms with van der Waals surface area (Å²) in [6, 6.07) is 9.38. The number of aromatic nitrogens is 1. The van der Waals surface area contributed by atoms with E-state index in [9.17, 15) is 9.59 Å². The maximum atomic E-state index is 12.5. The molecule has 1 aromatic heterocycles. The van der Waals surface area contributed by atoms with E-state index >= 15 is 0 Å². The fraction of sp³-hybridized carbons (Fsp3) is 0.353. The average Bonchev–Trinajstić information content (AvgIpc) is 3.05. The number of carboxylic acid groups (broad SMARTS) is 1. The molecule has 0 bridgehead atoms. The van der Waals surface area contributed by atoms with E-state index in [0.29, 0.717) is 25.1 Å². The van der Waals surface area contributed by atoms with Gasteiger partial charge in [0.15, 0.2) is 0 Å². The highest BCUT2D eigenvalue weighted by molar-refractivity contribution is 5.92. The third kappa shape index (κ3) is 3.26. The Morgan fingerprint density at radius 1 is 1.30 bits per heavy atom. The second kappa shape index (κ2) is 6.24. The van der Waals surface area contributed by atoms with Crippen LogP contribution in [0.2, 0.25) is 0 Å². The van der Waals surface area contributed by atoms with Crippen LogP contribution in [0.15, 0.2) is 34.9 Å². The number of carbonyl (C=O) groups is 2. The Morgan fingerprint density at radius 2 is 2.04 bits per heavy atom. The van der Waals surface area contributed by atoms with E-state index in [0.717, 1.165) is 11.1 Å². The lowest BCUT2D eigenvalue weighted by atomic mass is 9.98. The molecule has 1 N–H and O–H groups in total. The van der Waals surface area contributed by atoms with E-state index in [-0.39, 0.29) is 18.2 Å². The first-order chi connectivity index (χ1) is 11.0. The van der Waals surface area contributed by atoms with Gasteiger partial charge in [-0.3, -0.25) is 9.59 Å². The van der Waals surface area contributed by atoms with Gasteiger partial charge >= 0.3 is 5.97 Å². The fourth-order valence-corrected chi connectivity index (χ4v) is 2.76.